The maximum absolute atomic E-state index is 3.36. The molecule has 0 aromatic heterocycles. The van der Waals surface area contributed by atoms with Gasteiger partial charge in [0.05, 0.1) is 0 Å². The van der Waals surface area contributed by atoms with Crippen LogP contribution in [0.5, 0.6) is 0 Å². The average Bonchev–Trinajstić information content (AvgIpc) is 2.26. The Morgan fingerprint density at radius 2 is 1.93 bits per heavy atom. The third kappa shape index (κ3) is 4.72. The van der Waals surface area contributed by atoms with Crippen LogP contribution in [0.2, 0.25) is 0 Å². The number of thioether (sulfide) groups is 1. The number of hydrogen-bond acceptors (Lipinski definition) is 2. The highest BCUT2D eigenvalue weighted by Gasteiger charge is 2.04. The largest absolute Gasteiger partial charge is 0.316 e. The van der Waals surface area contributed by atoms with E-state index in [1.54, 1.807) is 0 Å². The van der Waals surface area contributed by atoms with Gasteiger partial charge < -0.3 is 5.32 Å². The van der Waals surface area contributed by atoms with Crippen LogP contribution >= 0.6 is 11.8 Å². The summed E-state index contributed by atoms with van der Waals surface area (Å²) in [4.78, 5) is 1.37. The summed E-state index contributed by atoms with van der Waals surface area (Å²) in [6.45, 7) is 4.36. The van der Waals surface area contributed by atoms with E-state index in [2.05, 4.69) is 50.5 Å². The zero-order chi connectivity index (χ0) is 11.1. The summed E-state index contributed by atoms with van der Waals surface area (Å²) >= 11 is 1.94. The van der Waals surface area contributed by atoms with Gasteiger partial charge in [-0.3, -0.25) is 0 Å². The van der Waals surface area contributed by atoms with Crippen molar-refractivity contribution in [3.8, 4) is 0 Å². The predicted molar refractivity (Wildman–Crippen MR) is 69.7 cm³/mol. The third-order valence-corrected chi connectivity index (χ3v) is 3.69. The molecule has 1 aromatic rings. The lowest BCUT2D eigenvalue weighted by Crippen LogP contribution is -2.27. The second-order valence-corrected chi connectivity index (χ2v) is 4.99. The standard InChI is InChI=1S/C13H21NS/c1-4-5-12(14-3)10-15-13-8-6-11(2)7-9-13/h6-9,12,14H,4-5,10H2,1-3H3. The summed E-state index contributed by atoms with van der Waals surface area (Å²) < 4.78 is 0. The Morgan fingerprint density at radius 1 is 1.27 bits per heavy atom. The van der Waals surface area contributed by atoms with Crippen molar-refractivity contribution in [3.63, 3.8) is 0 Å². The fourth-order valence-corrected chi connectivity index (χ4v) is 2.55. The monoisotopic (exact) mass is 223 g/mol. The summed E-state index contributed by atoms with van der Waals surface area (Å²) in [6, 6.07) is 9.41. The topological polar surface area (TPSA) is 12.0 Å². The number of nitrogens with one attached hydrogen (secondary N) is 1. The molecule has 15 heavy (non-hydrogen) atoms. The van der Waals surface area contributed by atoms with Crippen LogP contribution < -0.4 is 5.32 Å². The van der Waals surface area contributed by atoms with E-state index in [-0.39, 0.29) is 0 Å². The Bertz CT molecular complexity index is 268. The molecule has 0 saturated carbocycles. The molecule has 1 N–H and O–H groups in total. The van der Waals surface area contributed by atoms with E-state index in [4.69, 9.17) is 0 Å². The van der Waals surface area contributed by atoms with Crippen LogP contribution in [0, 0.1) is 6.92 Å². The number of rotatable bonds is 6. The molecule has 0 aliphatic rings. The van der Waals surface area contributed by atoms with Crippen molar-refractivity contribution in [1.29, 1.82) is 0 Å². The zero-order valence-electron chi connectivity index (χ0n) is 9.92. The van der Waals surface area contributed by atoms with Crippen LogP contribution in [0.25, 0.3) is 0 Å². The second kappa shape index (κ2) is 6.91. The summed E-state index contributed by atoms with van der Waals surface area (Å²) in [7, 11) is 2.05. The van der Waals surface area contributed by atoms with Crippen molar-refractivity contribution in [2.24, 2.45) is 0 Å². The molecule has 1 unspecified atom stereocenters. The molecule has 1 rings (SSSR count). The van der Waals surface area contributed by atoms with Crippen molar-refractivity contribution >= 4 is 11.8 Å². The quantitative estimate of drug-likeness (QED) is 0.741. The van der Waals surface area contributed by atoms with E-state index < -0.39 is 0 Å². The van der Waals surface area contributed by atoms with Gasteiger partial charge in [-0.05, 0) is 32.5 Å². The SMILES string of the molecule is CCCC(CSc1ccc(C)cc1)NC. The molecule has 1 nitrogen and oxygen atoms in total. The van der Waals surface area contributed by atoms with Crippen LogP contribution in [-0.2, 0) is 0 Å². The molecule has 0 amide bonds. The summed E-state index contributed by atoms with van der Waals surface area (Å²) in [5.41, 5.74) is 1.33. The molecule has 0 aliphatic carbocycles. The van der Waals surface area contributed by atoms with Gasteiger partial charge in [-0.15, -0.1) is 11.8 Å². The van der Waals surface area contributed by atoms with Gasteiger partial charge in [0.1, 0.15) is 0 Å². The van der Waals surface area contributed by atoms with Crippen molar-refractivity contribution < 1.29 is 0 Å². The predicted octanol–water partition coefficient (Wildman–Crippen LogP) is 3.48. The molecule has 2 heteroatoms. The van der Waals surface area contributed by atoms with Crippen LogP contribution in [0.15, 0.2) is 29.2 Å². The third-order valence-electron chi connectivity index (χ3n) is 2.52. The first kappa shape index (κ1) is 12.6. The van der Waals surface area contributed by atoms with Crippen molar-refractivity contribution in [1.82, 2.24) is 5.32 Å². The van der Waals surface area contributed by atoms with Gasteiger partial charge >= 0.3 is 0 Å². The Balaban J connectivity index is 2.38. The molecule has 0 bridgehead atoms. The van der Waals surface area contributed by atoms with Crippen molar-refractivity contribution in [3.05, 3.63) is 29.8 Å². The molecule has 0 saturated heterocycles. The van der Waals surface area contributed by atoms with Crippen molar-refractivity contribution in [2.75, 3.05) is 12.8 Å². The molecule has 84 valence electrons. The molecule has 0 heterocycles. The summed E-state index contributed by atoms with van der Waals surface area (Å²) in [6.07, 6.45) is 2.51. The smallest absolute Gasteiger partial charge is 0.0158 e. The average molecular weight is 223 g/mol. The first-order valence-corrected chi connectivity index (χ1v) is 6.61. The number of benzene rings is 1. The molecular formula is C13H21NS. The Labute approximate surface area is 97.7 Å². The van der Waals surface area contributed by atoms with Gasteiger partial charge in [0.15, 0.2) is 0 Å². The fourth-order valence-electron chi connectivity index (χ4n) is 1.49. The van der Waals surface area contributed by atoms with Gasteiger partial charge in [0.2, 0.25) is 0 Å². The number of hydrogen-bond donors (Lipinski definition) is 1. The maximum atomic E-state index is 3.36. The Morgan fingerprint density at radius 3 is 2.47 bits per heavy atom. The minimum Gasteiger partial charge on any atom is -0.316 e. The van der Waals surface area contributed by atoms with Crippen LogP contribution in [-0.4, -0.2) is 18.8 Å². The van der Waals surface area contributed by atoms with Crippen LogP contribution in [0.1, 0.15) is 25.3 Å². The molecular weight excluding hydrogens is 202 g/mol. The molecule has 0 spiro atoms. The molecule has 0 radical (unpaired) electrons. The van der Waals surface area contributed by atoms with Gasteiger partial charge in [0.25, 0.3) is 0 Å². The van der Waals surface area contributed by atoms with E-state index in [0.29, 0.717) is 6.04 Å². The van der Waals surface area contributed by atoms with E-state index in [9.17, 15) is 0 Å². The first-order valence-electron chi connectivity index (χ1n) is 5.63. The summed E-state index contributed by atoms with van der Waals surface area (Å²) in [5.74, 6) is 1.16. The van der Waals surface area contributed by atoms with E-state index >= 15 is 0 Å². The van der Waals surface area contributed by atoms with E-state index in [0.717, 1.165) is 5.75 Å². The highest BCUT2D eigenvalue weighted by Crippen LogP contribution is 2.20. The lowest BCUT2D eigenvalue weighted by atomic mass is 10.2. The lowest BCUT2D eigenvalue weighted by molar-refractivity contribution is 0.564. The number of aryl methyl sites for hydroxylation is 1. The van der Waals surface area contributed by atoms with Gasteiger partial charge in [-0.25, -0.2) is 0 Å². The van der Waals surface area contributed by atoms with E-state index in [1.807, 2.05) is 11.8 Å². The van der Waals surface area contributed by atoms with Gasteiger partial charge in [0, 0.05) is 16.7 Å². The minimum atomic E-state index is 0.640. The highest BCUT2D eigenvalue weighted by atomic mass is 32.2. The zero-order valence-corrected chi connectivity index (χ0v) is 10.7. The second-order valence-electron chi connectivity index (χ2n) is 3.90. The normalized spacial score (nSPS) is 12.7. The first-order chi connectivity index (χ1) is 7.26. The molecule has 1 atom stereocenters. The fraction of sp³-hybridized carbons (Fsp3) is 0.538. The lowest BCUT2D eigenvalue weighted by Gasteiger charge is -2.14. The maximum Gasteiger partial charge on any atom is 0.0158 e. The highest BCUT2D eigenvalue weighted by molar-refractivity contribution is 7.99. The minimum absolute atomic E-state index is 0.640. The van der Waals surface area contributed by atoms with Gasteiger partial charge in [-0.1, -0.05) is 31.0 Å². The van der Waals surface area contributed by atoms with Crippen LogP contribution in [0.4, 0.5) is 0 Å². The molecule has 1 aromatic carbocycles. The molecule has 0 aliphatic heterocycles. The Hall–Kier alpha value is -0.470. The van der Waals surface area contributed by atoms with Crippen molar-refractivity contribution in [2.45, 2.75) is 37.6 Å². The Kier molecular flexibility index (Phi) is 5.81. The molecule has 0 fully saturated rings. The van der Waals surface area contributed by atoms with Gasteiger partial charge in [-0.2, -0.15) is 0 Å². The summed E-state index contributed by atoms with van der Waals surface area (Å²) in [5, 5.41) is 3.36. The van der Waals surface area contributed by atoms with Crippen LogP contribution in [0.3, 0.4) is 0 Å². The van der Waals surface area contributed by atoms with E-state index in [1.165, 1.54) is 23.3 Å².